The summed E-state index contributed by atoms with van der Waals surface area (Å²) in [5.41, 5.74) is 3.12. The van der Waals surface area contributed by atoms with Gasteiger partial charge in [0, 0.05) is 6.42 Å². The molecule has 0 aromatic heterocycles. The summed E-state index contributed by atoms with van der Waals surface area (Å²) in [6.45, 7) is 5.92. The van der Waals surface area contributed by atoms with Crippen molar-refractivity contribution >= 4 is 23.5 Å². The Labute approximate surface area is 184 Å². The van der Waals surface area contributed by atoms with E-state index in [9.17, 15) is 14.4 Å². The maximum Gasteiger partial charge on any atom is 0.315 e. The average Bonchev–Trinajstić information content (AvgIpc) is 3.09. The molecule has 0 radical (unpaired) electrons. The van der Waals surface area contributed by atoms with Crippen LogP contribution in [0.4, 0.5) is 0 Å². The number of carboxylic acid groups (broad SMARTS) is 1. The molecule has 31 heavy (non-hydrogen) atoms. The Kier molecular flexibility index (Phi) is 11.2. The highest BCUT2D eigenvalue weighted by Gasteiger charge is 2.29. The lowest BCUT2D eigenvalue weighted by atomic mass is 9.94. The number of nitrogens with one attached hydrogen (secondary N) is 2. The summed E-state index contributed by atoms with van der Waals surface area (Å²) in [6, 6.07) is 3.97. The molecule has 0 aliphatic carbocycles. The molecule has 8 heteroatoms. The third-order valence-corrected chi connectivity index (χ3v) is 4.88. The number of benzene rings is 1. The first-order chi connectivity index (χ1) is 14.8. The van der Waals surface area contributed by atoms with Gasteiger partial charge in [0.2, 0.25) is 0 Å². The molecule has 0 unspecified atom stereocenters. The average molecular weight is 435 g/mol. The van der Waals surface area contributed by atoms with Gasteiger partial charge in [-0.05, 0) is 36.5 Å². The van der Waals surface area contributed by atoms with Crippen LogP contribution in [0.3, 0.4) is 0 Å². The second kappa shape index (κ2) is 13.3. The van der Waals surface area contributed by atoms with Crippen LogP contribution in [-0.2, 0) is 32.0 Å². The number of aryl methyl sites for hydroxylation is 1. The van der Waals surface area contributed by atoms with E-state index in [-0.39, 0.29) is 12.2 Å². The predicted octanol–water partition coefficient (Wildman–Crippen LogP) is 3.38. The number of hydrogen-bond donors (Lipinski definition) is 3. The van der Waals surface area contributed by atoms with Gasteiger partial charge in [-0.2, -0.15) is 0 Å². The molecule has 0 bridgehead atoms. The quantitative estimate of drug-likeness (QED) is 0.296. The molecule has 1 saturated heterocycles. The lowest BCUT2D eigenvalue weighted by Crippen LogP contribution is -2.19. The van der Waals surface area contributed by atoms with Gasteiger partial charge in [-0.3, -0.25) is 14.4 Å². The minimum absolute atomic E-state index is 0.222. The van der Waals surface area contributed by atoms with Crippen molar-refractivity contribution < 1.29 is 29.0 Å². The normalized spacial score (nSPS) is 12.5. The van der Waals surface area contributed by atoms with Gasteiger partial charge < -0.3 is 25.2 Å². The molecule has 3 N–H and O–H groups in total. The fourth-order valence-corrected chi connectivity index (χ4v) is 3.25. The smallest absolute Gasteiger partial charge is 0.315 e. The predicted molar refractivity (Wildman–Crippen MR) is 118 cm³/mol. The Morgan fingerprint density at radius 2 is 1.61 bits per heavy atom. The molecule has 8 nitrogen and oxygen atoms in total. The summed E-state index contributed by atoms with van der Waals surface area (Å²) in [5.74, 6) is -0.761. The van der Waals surface area contributed by atoms with Crippen molar-refractivity contribution in [1.29, 1.82) is 0 Å². The summed E-state index contributed by atoms with van der Waals surface area (Å²) in [6.07, 6.45) is 6.73. The number of ether oxygens (including phenoxy) is 2. The van der Waals surface area contributed by atoms with Crippen LogP contribution in [0.1, 0.15) is 69.6 Å². The molecule has 172 valence electrons. The summed E-state index contributed by atoms with van der Waals surface area (Å²) in [4.78, 5) is 32.4. The van der Waals surface area contributed by atoms with E-state index in [1.54, 1.807) is 14.0 Å². The van der Waals surface area contributed by atoms with E-state index < -0.39 is 17.8 Å². The van der Waals surface area contributed by atoms with Crippen molar-refractivity contribution in [3.8, 4) is 5.75 Å². The fraction of sp³-hybridized carbons (Fsp3) is 0.522. The number of hydrogen-bond acceptors (Lipinski definition) is 5. The number of carboxylic acids is 1. The van der Waals surface area contributed by atoms with E-state index in [4.69, 9.17) is 14.6 Å². The zero-order valence-electron chi connectivity index (χ0n) is 19.1. The second-order valence-corrected chi connectivity index (χ2v) is 7.01. The monoisotopic (exact) mass is 434 g/mol. The second-order valence-electron chi connectivity index (χ2n) is 7.01. The zero-order chi connectivity index (χ0) is 23.4. The van der Waals surface area contributed by atoms with Gasteiger partial charge in [-0.15, -0.1) is 0 Å². The van der Waals surface area contributed by atoms with Crippen LogP contribution in [0.5, 0.6) is 5.75 Å². The number of rotatable bonds is 10. The molecule has 1 aromatic rings. The van der Waals surface area contributed by atoms with Crippen molar-refractivity contribution in [2.75, 3.05) is 14.2 Å². The van der Waals surface area contributed by atoms with Crippen molar-refractivity contribution in [2.24, 2.45) is 0 Å². The van der Waals surface area contributed by atoms with Crippen molar-refractivity contribution in [3.63, 3.8) is 0 Å². The zero-order valence-corrected chi connectivity index (χ0v) is 19.1. The van der Waals surface area contributed by atoms with Gasteiger partial charge in [-0.25, -0.2) is 0 Å². The van der Waals surface area contributed by atoms with Crippen LogP contribution in [0.2, 0.25) is 0 Å². The van der Waals surface area contributed by atoms with E-state index >= 15 is 0 Å². The van der Waals surface area contributed by atoms with Gasteiger partial charge in [0.1, 0.15) is 5.75 Å². The minimum atomic E-state index is -0.745. The molecule has 2 rings (SSSR count). The standard InChI is InChI=1S/C20H28N2O4.C3H6O2/c1-5-7-8-9-10-14-13(6-2)11-12-15(16(14)25-3)17(26-4)18-21-19(23)20(24)22-18;1-2-3(4)5/h11-12H,5-10H2,1-4H3,(H,21,23)(H,22,24);2H2,1H3,(H,4,5). The van der Waals surface area contributed by atoms with E-state index in [1.165, 1.54) is 31.9 Å². The van der Waals surface area contributed by atoms with Gasteiger partial charge in [0.25, 0.3) is 0 Å². The van der Waals surface area contributed by atoms with E-state index in [0.29, 0.717) is 5.76 Å². The third kappa shape index (κ3) is 7.31. The maximum absolute atomic E-state index is 11.5. The third-order valence-electron chi connectivity index (χ3n) is 4.88. The summed E-state index contributed by atoms with van der Waals surface area (Å²) >= 11 is 0. The molecular formula is C23H34N2O6. The molecule has 1 aliphatic rings. The first kappa shape index (κ1) is 26.0. The van der Waals surface area contributed by atoms with Gasteiger partial charge in [-0.1, -0.05) is 46.1 Å². The number of carbonyl (C=O) groups excluding carboxylic acids is 2. The SMILES string of the molecule is CCC(=O)O.CCCCCCc1c(CC)ccc(C(OC)=C2NC(=O)C(=O)N2)c1OC. The van der Waals surface area contributed by atoms with Crippen LogP contribution >= 0.6 is 0 Å². The van der Waals surface area contributed by atoms with Crippen LogP contribution in [0.25, 0.3) is 5.76 Å². The highest BCUT2D eigenvalue weighted by atomic mass is 16.5. The Bertz CT molecular complexity index is 799. The van der Waals surface area contributed by atoms with Crippen LogP contribution in [0, 0.1) is 0 Å². The van der Waals surface area contributed by atoms with Gasteiger partial charge in [0.05, 0.1) is 19.8 Å². The van der Waals surface area contributed by atoms with E-state index in [0.717, 1.165) is 36.1 Å². The number of aliphatic carboxylic acids is 1. The molecule has 1 heterocycles. The van der Waals surface area contributed by atoms with Crippen LogP contribution in [-0.4, -0.2) is 37.1 Å². The molecule has 1 fully saturated rings. The van der Waals surface area contributed by atoms with E-state index in [1.807, 2.05) is 6.07 Å². The Morgan fingerprint density at radius 3 is 2.06 bits per heavy atom. The van der Waals surface area contributed by atoms with Crippen molar-refractivity contribution in [3.05, 3.63) is 34.6 Å². The minimum Gasteiger partial charge on any atom is -0.496 e. The molecule has 2 amide bonds. The Hall–Kier alpha value is -3.03. The summed E-state index contributed by atoms with van der Waals surface area (Å²) in [7, 11) is 3.14. The maximum atomic E-state index is 11.5. The van der Waals surface area contributed by atoms with Crippen molar-refractivity contribution in [2.45, 2.75) is 65.7 Å². The lowest BCUT2D eigenvalue weighted by molar-refractivity contribution is -0.136. The van der Waals surface area contributed by atoms with Crippen molar-refractivity contribution in [1.82, 2.24) is 10.6 Å². The van der Waals surface area contributed by atoms with Crippen LogP contribution < -0.4 is 15.4 Å². The van der Waals surface area contributed by atoms with E-state index in [2.05, 4.69) is 30.5 Å². The summed E-state index contributed by atoms with van der Waals surface area (Å²) in [5, 5.41) is 12.7. The molecule has 1 aromatic carbocycles. The van der Waals surface area contributed by atoms with Crippen LogP contribution in [0.15, 0.2) is 18.0 Å². The number of amides is 2. The number of carbonyl (C=O) groups is 3. The Morgan fingerprint density at radius 1 is 1.00 bits per heavy atom. The van der Waals surface area contributed by atoms with Gasteiger partial charge >= 0.3 is 17.8 Å². The Balaban J connectivity index is 0.000000861. The highest BCUT2D eigenvalue weighted by molar-refractivity contribution is 6.38. The summed E-state index contributed by atoms with van der Waals surface area (Å²) < 4.78 is 11.2. The largest absolute Gasteiger partial charge is 0.496 e. The highest BCUT2D eigenvalue weighted by Crippen LogP contribution is 2.35. The topological polar surface area (TPSA) is 114 Å². The molecule has 1 aliphatic heterocycles. The first-order valence-electron chi connectivity index (χ1n) is 10.7. The first-order valence-corrected chi connectivity index (χ1v) is 10.7. The molecule has 0 saturated carbocycles. The number of unbranched alkanes of at least 4 members (excludes halogenated alkanes) is 3. The molecular weight excluding hydrogens is 400 g/mol. The van der Waals surface area contributed by atoms with Gasteiger partial charge in [0.15, 0.2) is 11.6 Å². The molecule has 0 spiro atoms. The molecule has 0 atom stereocenters. The lowest BCUT2D eigenvalue weighted by Gasteiger charge is -2.19. The fourth-order valence-electron chi connectivity index (χ4n) is 3.25. The number of methoxy groups -OCH3 is 2.